The molecule has 0 aromatic carbocycles. The van der Waals surface area contributed by atoms with Gasteiger partial charge < -0.3 is 20.3 Å². The molecule has 0 aliphatic carbocycles. The number of rotatable bonds is 11. The number of nitrogens with zero attached hydrogens (tertiary/aromatic N) is 1. The van der Waals surface area contributed by atoms with Crippen molar-refractivity contribution in [3.8, 4) is 0 Å². The SMILES string of the molecule is CCCCCCOC(=O)N(CCNC(=O)C(F)(F)F)CCNC(=O)C(F)(F)F. The number of nitrogens with one attached hydrogen (secondary N) is 2. The second-order valence-electron chi connectivity index (χ2n) is 5.67. The average molecular weight is 423 g/mol. The maximum Gasteiger partial charge on any atom is 0.471 e. The predicted molar refractivity (Wildman–Crippen MR) is 85.2 cm³/mol. The molecular weight excluding hydrogens is 400 g/mol. The zero-order chi connectivity index (χ0) is 21.8. The molecule has 0 aromatic rings. The molecule has 0 radical (unpaired) electrons. The Morgan fingerprint density at radius 1 is 0.821 bits per heavy atom. The zero-order valence-corrected chi connectivity index (χ0v) is 15.2. The van der Waals surface area contributed by atoms with Gasteiger partial charge in [-0.15, -0.1) is 0 Å². The van der Waals surface area contributed by atoms with Crippen LogP contribution in [0.4, 0.5) is 31.1 Å². The Morgan fingerprint density at radius 3 is 1.68 bits per heavy atom. The van der Waals surface area contributed by atoms with E-state index in [-0.39, 0.29) is 6.61 Å². The Balaban J connectivity index is 4.57. The molecule has 0 saturated carbocycles. The van der Waals surface area contributed by atoms with Gasteiger partial charge in [-0.3, -0.25) is 9.59 Å². The van der Waals surface area contributed by atoms with Crippen LogP contribution in [-0.2, 0) is 14.3 Å². The number of amides is 3. The van der Waals surface area contributed by atoms with Gasteiger partial charge in [-0.05, 0) is 6.42 Å². The summed E-state index contributed by atoms with van der Waals surface area (Å²) in [6.45, 7) is -0.0978. The van der Waals surface area contributed by atoms with Crippen LogP contribution < -0.4 is 10.6 Å². The Hall–Kier alpha value is -2.21. The van der Waals surface area contributed by atoms with Crippen LogP contribution in [0.25, 0.3) is 0 Å². The van der Waals surface area contributed by atoms with Crippen molar-refractivity contribution in [1.82, 2.24) is 15.5 Å². The molecular formula is C15H23F6N3O4. The Labute approximate surface area is 157 Å². The van der Waals surface area contributed by atoms with E-state index in [1.54, 1.807) is 0 Å². The van der Waals surface area contributed by atoms with E-state index in [1.165, 1.54) is 10.6 Å². The normalized spacial score (nSPS) is 11.7. The lowest BCUT2D eigenvalue weighted by molar-refractivity contribution is -0.173. The first kappa shape index (κ1) is 25.8. The summed E-state index contributed by atoms with van der Waals surface area (Å²) >= 11 is 0. The first-order valence-corrected chi connectivity index (χ1v) is 8.51. The van der Waals surface area contributed by atoms with Crippen molar-refractivity contribution in [2.75, 3.05) is 32.8 Å². The number of carbonyl (C=O) groups is 3. The summed E-state index contributed by atoms with van der Waals surface area (Å²) < 4.78 is 77.7. The summed E-state index contributed by atoms with van der Waals surface area (Å²) in [5.41, 5.74) is 0. The van der Waals surface area contributed by atoms with Crippen LogP contribution in [0.15, 0.2) is 0 Å². The summed E-state index contributed by atoms with van der Waals surface area (Å²) in [4.78, 5) is 34.3. The highest BCUT2D eigenvalue weighted by atomic mass is 19.4. The molecule has 0 unspecified atom stereocenters. The lowest BCUT2D eigenvalue weighted by Crippen LogP contribution is -2.46. The largest absolute Gasteiger partial charge is 0.471 e. The Morgan fingerprint density at radius 2 is 1.29 bits per heavy atom. The van der Waals surface area contributed by atoms with Crippen LogP contribution in [0.1, 0.15) is 32.6 Å². The summed E-state index contributed by atoms with van der Waals surface area (Å²) in [6.07, 6.45) is -8.00. The van der Waals surface area contributed by atoms with Gasteiger partial charge >= 0.3 is 30.3 Å². The minimum Gasteiger partial charge on any atom is -0.449 e. The van der Waals surface area contributed by atoms with Crippen molar-refractivity contribution in [3.63, 3.8) is 0 Å². The Bertz CT molecular complexity index is 479. The third-order valence-corrected chi connectivity index (χ3v) is 3.33. The van der Waals surface area contributed by atoms with Crippen molar-refractivity contribution < 1.29 is 45.5 Å². The molecule has 0 spiro atoms. The zero-order valence-electron chi connectivity index (χ0n) is 15.2. The van der Waals surface area contributed by atoms with Crippen LogP contribution in [0.5, 0.6) is 0 Å². The molecule has 0 heterocycles. The van der Waals surface area contributed by atoms with Gasteiger partial charge in [0.15, 0.2) is 0 Å². The van der Waals surface area contributed by atoms with Gasteiger partial charge in [0.05, 0.1) is 6.61 Å². The van der Waals surface area contributed by atoms with E-state index in [0.717, 1.165) is 24.2 Å². The van der Waals surface area contributed by atoms with Gasteiger partial charge in [0.2, 0.25) is 0 Å². The van der Waals surface area contributed by atoms with E-state index < -0.39 is 56.4 Å². The van der Waals surface area contributed by atoms with E-state index in [0.29, 0.717) is 6.42 Å². The highest BCUT2D eigenvalue weighted by Gasteiger charge is 2.39. The van der Waals surface area contributed by atoms with Crippen molar-refractivity contribution in [3.05, 3.63) is 0 Å². The smallest absolute Gasteiger partial charge is 0.449 e. The van der Waals surface area contributed by atoms with Gasteiger partial charge in [-0.1, -0.05) is 26.2 Å². The monoisotopic (exact) mass is 423 g/mol. The predicted octanol–water partition coefficient (Wildman–Crippen LogP) is 2.36. The molecule has 2 N–H and O–H groups in total. The number of hydrogen-bond acceptors (Lipinski definition) is 4. The molecule has 0 saturated heterocycles. The lowest BCUT2D eigenvalue weighted by atomic mass is 10.2. The summed E-state index contributed by atoms with van der Waals surface area (Å²) in [5.74, 6) is -4.43. The fourth-order valence-electron chi connectivity index (χ4n) is 1.88. The fourth-order valence-corrected chi connectivity index (χ4v) is 1.88. The van der Waals surface area contributed by atoms with Gasteiger partial charge in [0.1, 0.15) is 0 Å². The summed E-state index contributed by atoms with van der Waals surface area (Å²) in [5, 5.41) is 3.07. The third kappa shape index (κ3) is 11.5. The molecule has 3 amide bonds. The van der Waals surface area contributed by atoms with Crippen LogP contribution >= 0.6 is 0 Å². The highest BCUT2D eigenvalue weighted by Crippen LogP contribution is 2.14. The molecule has 7 nitrogen and oxygen atoms in total. The van der Waals surface area contributed by atoms with Gasteiger partial charge in [0.25, 0.3) is 0 Å². The van der Waals surface area contributed by atoms with Gasteiger partial charge in [0, 0.05) is 26.2 Å². The maximum atomic E-state index is 12.1. The molecule has 0 rings (SSSR count). The number of halogens is 6. The van der Waals surface area contributed by atoms with E-state index in [1.807, 2.05) is 6.92 Å². The minimum absolute atomic E-state index is 0.0269. The maximum absolute atomic E-state index is 12.1. The van der Waals surface area contributed by atoms with Crippen LogP contribution in [0.3, 0.4) is 0 Å². The van der Waals surface area contributed by atoms with E-state index in [9.17, 15) is 40.7 Å². The third-order valence-electron chi connectivity index (χ3n) is 3.33. The summed E-state index contributed by atoms with van der Waals surface area (Å²) in [7, 11) is 0. The summed E-state index contributed by atoms with van der Waals surface area (Å²) in [6, 6.07) is 0. The molecule has 0 bridgehead atoms. The molecule has 164 valence electrons. The topological polar surface area (TPSA) is 87.7 Å². The van der Waals surface area contributed by atoms with Crippen molar-refractivity contribution >= 4 is 17.9 Å². The number of unbranched alkanes of at least 4 members (excludes halogenated alkanes) is 3. The van der Waals surface area contributed by atoms with Gasteiger partial charge in [-0.25, -0.2) is 4.79 Å². The molecule has 0 atom stereocenters. The van der Waals surface area contributed by atoms with Crippen LogP contribution in [0, 0.1) is 0 Å². The molecule has 0 fully saturated rings. The van der Waals surface area contributed by atoms with E-state index >= 15 is 0 Å². The molecule has 0 aliphatic heterocycles. The molecule has 13 heteroatoms. The van der Waals surface area contributed by atoms with Gasteiger partial charge in [-0.2, -0.15) is 26.3 Å². The molecule has 28 heavy (non-hydrogen) atoms. The van der Waals surface area contributed by atoms with E-state index in [4.69, 9.17) is 4.74 Å². The second-order valence-corrected chi connectivity index (χ2v) is 5.67. The quantitative estimate of drug-likeness (QED) is 0.395. The fraction of sp³-hybridized carbons (Fsp3) is 0.800. The van der Waals surface area contributed by atoms with E-state index in [2.05, 4.69) is 0 Å². The first-order chi connectivity index (χ1) is 12.9. The number of carbonyl (C=O) groups excluding carboxylic acids is 3. The second kappa shape index (κ2) is 12.3. The minimum atomic E-state index is -5.11. The lowest BCUT2D eigenvalue weighted by Gasteiger charge is -2.23. The van der Waals surface area contributed by atoms with Crippen molar-refractivity contribution in [1.29, 1.82) is 0 Å². The van der Waals surface area contributed by atoms with Crippen LogP contribution in [-0.4, -0.2) is 67.9 Å². The number of alkyl halides is 6. The van der Waals surface area contributed by atoms with Crippen LogP contribution in [0.2, 0.25) is 0 Å². The number of ether oxygens (including phenoxy) is 1. The molecule has 0 aliphatic rings. The standard InChI is InChI=1S/C15H23F6N3O4/c1-2-3-4-5-10-28-13(27)24(8-6-22-11(25)14(16,17)18)9-7-23-12(26)15(19,20)21/h2-10H2,1H3,(H,22,25)(H,23,26). The molecule has 0 aromatic heterocycles. The Kier molecular flexibility index (Phi) is 11.3. The van der Waals surface area contributed by atoms with Crippen molar-refractivity contribution in [2.24, 2.45) is 0 Å². The first-order valence-electron chi connectivity index (χ1n) is 8.51. The highest BCUT2D eigenvalue weighted by molar-refractivity contribution is 5.82. The number of hydrogen-bond donors (Lipinski definition) is 2. The van der Waals surface area contributed by atoms with Crippen molar-refractivity contribution in [2.45, 2.75) is 45.0 Å². The average Bonchev–Trinajstić information content (AvgIpc) is 2.58.